The van der Waals surface area contributed by atoms with E-state index >= 15 is 0 Å². The second kappa shape index (κ2) is 8.08. The highest BCUT2D eigenvalue weighted by Gasteiger charge is 2.43. The molecule has 1 saturated carbocycles. The number of nitrogens with one attached hydrogen (secondary N) is 1. The summed E-state index contributed by atoms with van der Waals surface area (Å²) >= 11 is 0. The minimum atomic E-state index is 0.220. The molecule has 0 spiro atoms. The Morgan fingerprint density at radius 3 is 2.55 bits per heavy atom. The normalized spacial score (nSPS) is 20.6. The van der Waals surface area contributed by atoms with Gasteiger partial charge in [-0.3, -0.25) is 4.79 Å². The van der Waals surface area contributed by atoms with Crippen molar-refractivity contribution in [3.8, 4) is 0 Å². The fraction of sp³-hybridized carbons (Fsp3) is 0.611. The number of amides is 1. The molecule has 20 heavy (non-hydrogen) atoms. The van der Waals surface area contributed by atoms with Crippen LogP contribution in [0.5, 0.6) is 0 Å². The van der Waals surface area contributed by atoms with E-state index in [1.807, 2.05) is 6.07 Å². The predicted octanol–water partition coefficient (Wildman–Crippen LogP) is 4.27. The second-order valence-electron chi connectivity index (χ2n) is 5.92. The Bertz CT molecular complexity index is 401. The quantitative estimate of drug-likeness (QED) is 0.669. The van der Waals surface area contributed by atoms with Crippen LogP contribution in [0.15, 0.2) is 30.3 Å². The lowest BCUT2D eigenvalue weighted by atomic mass is 10.1. The highest BCUT2D eigenvalue weighted by atomic mass is 16.2. The third-order valence-corrected chi connectivity index (χ3v) is 4.18. The summed E-state index contributed by atoms with van der Waals surface area (Å²) in [4.78, 5) is 12.0. The van der Waals surface area contributed by atoms with Crippen molar-refractivity contribution >= 4 is 5.91 Å². The van der Waals surface area contributed by atoms with E-state index < -0.39 is 0 Å². The van der Waals surface area contributed by atoms with Gasteiger partial charge in [0.2, 0.25) is 5.91 Å². The fourth-order valence-electron chi connectivity index (χ4n) is 2.80. The Morgan fingerprint density at radius 1 is 1.10 bits per heavy atom. The largest absolute Gasteiger partial charge is 0.356 e. The lowest BCUT2D eigenvalue weighted by Crippen LogP contribution is -2.26. The molecule has 2 rings (SSSR count). The molecule has 1 fully saturated rings. The van der Waals surface area contributed by atoms with Crippen LogP contribution in [-0.4, -0.2) is 12.5 Å². The molecular weight excluding hydrogens is 246 g/mol. The maximum atomic E-state index is 12.0. The smallest absolute Gasteiger partial charge is 0.223 e. The van der Waals surface area contributed by atoms with Gasteiger partial charge >= 0.3 is 0 Å². The molecule has 2 nitrogen and oxygen atoms in total. The predicted molar refractivity (Wildman–Crippen MR) is 83.7 cm³/mol. The SMILES string of the molecule is CCCCCCCCNC(=O)C1CC1c1ccccc1. The van der Waals surface area contributed by atoms with Crippen molar-refractivity contribution in [2.75, 3.05) is 6.54 Å². The molecule has 0 aromatic heterocycles. The van der Waals surface area contributed by atoms with E-state index in [1.54, 1.807) is 0 Å². The zero-order valence-corrected chi connectivity index (χ0v) is 12.6. The molecule has 0 saturated heterocycles. The van der Waals surface area contributed by atoms with Crippen molar-refractivity contribution in [1.82, 2.24) is 5.32 Å². The maximum absolute atomic E-state index is 12.0. The number of unbranched alkanes of at least 4 members (excludes halogenated alkanes) is 5. The summed E-state index contributed by atoms with van der Waals surface area (Å²) in [5.74, 6) is 0.936. The summed E-state index contributed by atoms with van der Waals surface area (Å²) < 4.78 is 0. The number of carbonyl (C=O) groups is 1. The minimum Gasteiger partial charge on any atom is -0.356 e. The van der Waals surface area contributed by atoms with E-state index in [2.05, 4.69) is 36.5 Å². The molecule has 1 N–H and O–H groups in total. The summed E-state index contributed by atoms with van der Waals surface area (Å²) in [5, 5.41) is 3.10. The summed E-state index contributed by atoms with van der Waals surface area (Å²) in [5.41, 5.74) is 1.31. The molecule has 2 heteroatoms. The Hall–Kier alpha value is -1.31. The molecule has 110 valence electrons. The Balaban J connectivity index is 1.56. The lowest BCUT2D eigenvalue weighted by Gasteiger charge is -2.05. The summed E-state index contributed by atoms with van der Waals surface area (Å²) in [6.45, 7) is 3.09. The average molecular weight is 273 g/mol. The van der Waals surface area contributed by atoms with Gasteiger partial charge in [0.15, 0.2) is 0 Å². The third kappa shape index (κ3) is 4.66. The molecular formula is C18H27NO. The van der Waals surface area contributed by atoms with Gasteiger partial charge in [-0.25, -0.2) is 0 Å². The van der Waals surface area contributed by atoms with Crippen LogP contribution in [0.1, 0.15) is 63.4 Å². The zero-order valence-electron chi connectivity index (χ0n) is 12.6. The molecule has 0 heterocycles. The van der Waals surface area contributed by atoms with Gasteiger partial charge in [-0.05, 0) is 24.3 Å². The van der Waals surface area contributed by atoms with Crippen LogP contribution >= 0.6 is 0 Å². The number of rotatable bonds is 9. The fourth-order valence-corrected chi connectivity index (χ4v) is 2.80. The standard InChI is InChI=1S/C18H27NO/c1-2-3-4-5-6-10-13-19-18(20)17-14-16(17)15-11-8-7-9-12-15/h7-9,11-12,16-17H,2-6,10,13-14H2,1H3,(H,19,20). The number of hydrogen-bond acceptors (Lipinski definition) is 1. The van der Waals surface area contributed by atoms with Gasteiger partial charge in [-0.1, -0.05) is 69.4 Å². The third-order valence-electron chi connectivity index (χ3n) is 4.18. The molecule has 0 bridgehead atoms. The molecule has 0 aliphatic heterocycles. The maximum Gasteiger partial charge on any atom is 0.223 e. The van der Waals surface area contributed by atoms with E-state index in [-0.39, 0.29) is 11.8 Å². The Morgan fingerprint density at radius 2 is 1.80 bits per heavy atom. The van der Waals surface area contributed by atoms with E-state index in [9.17, 15) is 4.79 Å². The molecule has 1 aliphatic carbocycles. The van der Waals surface area contributed by atoms with E-state index in [4.69, 9.17) is 0 Å². The van der Waals surface area contributed by atoms with E-state index in [1.165, 1.54) is 37.7 Å². The molecule has 2 unspecified atom stereocenters. The molecule has 1 amide bonds. The van der Waals surface area contributed by atoms with Gasteiger partial charge in [-0.15, -0.1) is 0 Å². The van der Waals surface area contributed by atoms with E-state index in [0.29, 0.717) is 5.92 Å². The number of hydrogen-bond donors (Lipinski definition) is 1. The Labute approximate surface area is 123 Å². The lowest BCUT2D eigenvalue weighted by molar-refractivity contribution is -0.122. The van der Waals surface area contributed by atoms with E-state index in [0.717, 1.165) is 19.4 Å². The summed E-state index contributed by atoms with van der Waals surface area (Å²) in [6, 6.07) is 10.4. The van der Waals surface area contributed by atoms with Crippen LogP contribution in [0.2, 0.25) is 0 Å². The zero-order chi connectivity index (χ0) is 14.2. The molecule has 2 atom stereocenters. The number of benzene rings is 1. The van der Waals surface area contributed by atoms with Crippen LogP contribution < -0.4 is 5.32 Å². The van der Waals surface area contributed by atoms with Crippen molar-refractivity contribution in [3.63, 3.8) is 0 Å². The van der Waals surface area contributed by atoms with Crippen LogP contribution in [0.4, 0.5) is 0 Å². The summed E-state index contributed by atoms with van der Waals surface area (Å²) in [7, 11) is 0. The van der Waals surface area contributed by atoms with Gasteiger partial charge in [0, 0.05) is 12.5 Å². The van der Waals surface area contributed by atoms with Crippen LogP contribution in [0.25, 0.3) is 0 Å². The minimum absolute atomic E-state index is 0.220. The van der Waals surface area contributed by atoms with Crippen molar-refractivity contribution < 1.29 is 4.79 Å². The Kier molecular flexibility index (Phi) is 6.10. The highest BCUT2D eigenvalue weighted by Crippen LogP contribution is 2.47. The van der Waals surface area contributed by atoms with Crippen LogP contribution in [-0.2, 0) is 4.79 Å². The van der Waals surface area contributed by atoms with Crippen LogP contribution in [0.3, 0.4) is 0 Å². The first-order chi connectivity index (χ1) is 9.83. The average Bonchev–Trinajstić information content (AvgIpc) is 3.27. The number of carbonyl (C=O) groups excluding carboxylic acids is 1. The van der Waals surface area contributed by atoms with Crippen molar-refractivity contribution in [2.45, 2.75) is 57.8 Å². The molecule has 1 aromatic rings. The van der Waals surface area contributed by atoms with Gasteiger partial charge in [0.05, 0.1) is 0 Å². The van der Waals surface area contributed by atoms with Crippen molar-refractivity contribution in [3.05, 3.63) is 35.9 Å². The first-order valence-electron chi connectivity index (χ1n) is 8.15. The molecule has 1 aliphatic rings. The van der Waals surface area contributed by atoms with Crippen molar-refractivity contribution in [1.29, 1.82) is 0 Å². The van der Waals surface area contributed by atoms with Gasteiger partial charge in [0.1, 0.15) is 0 Å². The van der Waals surface area contributed by atoms with Gasteiger partial charge < -0.3 is 5.32 Å². The monoisotopic (exact) mass is 273 g/mol. The first-order valence-corrected chi connectivity index (χ1v) is 8.15. The molecule has 0 radical (unpaired) electrons. The van der Waals surface area contributed by atoms with Gasteiger partial charge in [0.25, 0.3) is 0 Å². The molecule has 1 aromatic carbocycles. The topological polar surface area (TPSA) is 29.1 Å². The van der Waals surface area contributed by atoms with Gasteiger partial charge in [-0.2, -0.15) is 0 Å². The van der Waals surface area contributed by atoms with Crippen LogP contribution in [0, 0.1) is 5.92 Å². The second-order valence-corrected chi connectivity index (χ2v) is 5.92. The summed E-state index contributed by atoms with van der Waals surface area (Å²) in [6.07, 6.45) is 8.66. The highest BCUT2D eigenvalue weighted by molar-refractivity contribution is 5.82. The van der Waals surface area contributed by atoms with Crippen molar-refractivity contribution in [2.24, 2.45) is 5.92 Å². The first kappa shape index (κ1) is 15.1.